The second-order valence-electron chi connectivity index (χ2n) is 14.1. The maximum atomic E-state index is 14.8. The van der Waals surface area contributed by atoms with Crippen molar-refractivity contribution in [3.8, 4) is 22.6 Å². The van der Waals surface area contributed by atoms with Gasteiger partial charge in [-0.15, -0.1) is 0 Å². The zero-order chi connectivity index (χ0) is 38.6. The molecule has 11 heteroatoms. The third kappa shape index (κ3) is 10.8. The number of nitrogens with zero attached hydrogens (tertiary/aromatic N) is 3. The van der Waals surface area contributed by atoms with Gasteiger partial charge in [0.1, 0.15) is 30.0 Å². The van der Waals surface area contributed by atoms with Crippen LogP contribution in [-0.4, -0.2) is 91.8 Å². The summed E-state index contributed by atoms with van der Waals surface area (Å²) < 4.78 is 32.0. The molecule has 2 fully saturated rings. The zero-order valence-corrected chi connectivity index (χ0v) is 32.6. The molecular formula is C44H52ClFN4O5. The lowest BCUT2D eigenvalue weighted by atomic mass is 9.88. The Hall–Kier alpha value is -4.64. The Kier molecular flexibility index (Phi) is 14.4. The minimum Gasteiger partial charge on any atom is -0.493 e. The van der Waals surface area contributed by atoms with Gasteiger partial charge in [-0.1, -0.05) is 72.3 Å². The molecule has 1 atom stereocenters. The lowest BCUT2D eigenvalue weighted by molar-refractivity contribution is -0.137. The predicted octanol–water partition coefficient (Wildman–Crippen LogP) is 7.84. The summed E-state index contributed by atoms with van der Waals surface area (Å²) in [5.41, 5.74) is 4.71. The summed E-state index contributed by atoms with van der Waals surface area (Å²) in [5.74, 6) is 0.937. The molecule has 4 aromatic carbocycles. The molecule has 0 aliphatic carbocycles. The molecular weight excluding hydrogens is 719 g/mol. The number of alkyl carbamates (subject to hydrolysis) is 1. The molecule has 1 N–H and O–H groups in total. The van der Waals surface area contributed by atoms with Crippen molar-refractivity contribution in [3.63, 3.8) is 0 Å². The summed E-state index contributed by atoms with van der Waals surface area (Å²) in [5, 5.41) is 3.67. The number of nitrogens with one attached hydrogen (secondary N) is 1. The maximum absolute atomic E-state index is 14.8. The Morgan fingerprint density at radius 2 is 1.49 bits per heavy atom. The van der Waals surface area contributed by atoms with Gasteiger partial charge in [-0.25, -0.2) is 9.18 Å². The minimum atomic E-state index is -0.720. The van der Waals surface area contributed by atoms with Crippen LogP contribution in [0.25, 0.3) is 11.1 Å². The number of carbonyl (C=O) groups is 2. The van der Waals surface area contributed by atoms with E-state index < -0.39 is 12.1 Å². The molecule has 2 saturated heterocycles. The van der Waals surface area contributed by atoms with Crippen LogP contribution in [0.1, 0.15) is 43.4 Å². The van der Waals surface area contributed by atoms with Crippen LogP contribution in [-0.2, 0) is 29.1 Å². The van der Waals surface area contributed by atoms with Crippen molar-refractivity contribution in [2.45, 2.75) is 52.3 Å². The van der Waals surface area contributed by atoms with E-state index in [9.17, 15) is 14.0 Å². The standard InChI is InChI=1S/C44H52ClFN4O5/c1-3-53-40-15-9-8-13-37(40)36-18-17-35(45)29-34(36)21-24-48-22-19-33(20-23-48)42(47-44(52)55-31-32-11-6-5-7-12-32)43(51)50-27-25-49(26-28-50)30-38-39(46)14-10-16-41(38)54-4-2/h5-18,29,33,42H,3-4,19-28,30-31H2,1-2H3,(H,47,52)/t42-/m1/s1. The van der Waals surface area contributed by atoms with Gasteiger partial charge in [0.15, 0.2) is 0 Å². The highest BCUT2D eigenvalue weighted by atomic mass is 35.5. The van der Waals surface area contributed by atoms with Gasteiger partial charge in [0, 0.05) is 55.4 Å². The van der Waals surface area contributed by atoms with Gasteiger partial charge < -0.3 is 29.3 Å². The average Bonchev–Trinajstić information content (AvgIpc) is 3.21. The third-order valence-corrected chi connectivity index (χ3v) is 10.8. The number of piperazine rings is 1. The topological polar surface area (TPSA) is 83.6 Å². The number of hydrogen-bond donors (Lipinski definition) is 1. The minimum absolute atomic E-state index is 0.0574. The van der Waals surface area contributed by atoms with E-state index in [0.717, 1.165) is 66.9 Å². The van der Waals surface area contributed by atoms with Gasteiger partial charge in [0.2, 0.25) is 5.91 Å². The molecule has 0 radical (unpaired) electrons. The first kappa shape index (κ1) is 40.0. The number of carbonyl (C=O) groups excluding carboxylic acids is 2. The number of likely N-dealkylation sites (tertiary alicyclic amines) is 1. The molecule has 55 heavy (non-hydrogen) atoms. The highest BCUT2D eigenvalue weighted by molar-refractivity contribution is 6.30. The van der Waals surface area contributed by atoms with E-state index >= 15 is 0 Å². The molecule has 0 aromatic heterocycles. The first-order valence-corrected chi connectivity index (χ1v) is 19.8. The second-order valence-corrected chi connectivity index (χ2v) is 14.5. The van der Waals surface area contributed by atoms with Crippen molar-refractivity contribution >= 4 is 23.6 Å². The van der Waals surface area contributed by atoms with Crippen LogP contribution in [0, 0.1) is 11.7 Å². The van der Waals surface area contributed by atoms with E-state index in [-0.39, 0.29) is 24.2 Å². The predicted molar refractivity (Wildman–Crippen MR) is 214 cm³/mol. The van der Waals surface area contributed by atoms with E-state index in [4.69, 9.17) is 25.8 Å². The van der Waals surface area contributed by atoms with Gasteiger partial charge in [-0.2, -0.15) is 0 Å². The van der Waals surface area contributed by atoms with E-state index in [0.29, 0.717) is 62.3 Å². The molecule has 9 nitrogen and oxygen atoms in total. The van der Waals surface area contributed by atoms with E-state index in [1.807, 2.05) is 79.4 Å². The second kappa shape index (κ2) is 19.8. The summed E-state index contributed by atoms with van der Waals surface area (Å²) in [6.07, 6.45) is 1.69. The molecule has 0 bridgehead atoms. The molecule has 2 aliphatic heterocycles. The number of amides is 2. The number of benzene rings is 4. The van der Waals surface area contributed by atoms with Gasteiger partial charge in [-0.3, -0.25) is 9.69 Å². The number of ether oxygens (including phenoxy) is 3. The summed E-state index contributed by atoms with van der Waals surface area (Å²) >= 11 is 6.49. The molecule has 0 spiro atoms. The molecule has 0 saturated carbocycles. The van der Waals surface area contributed by atoms with Crippen LogP contribution >= 0.6 is 11.6 Å². The number of rotatable bonds is 15. The molecule has 2 amide bonds. The van der Waals surface area contributed by atoms with Crippen LogP contribution < -0.4 is 14.8 Å². The molecule has 4 aromatic rings. The van der Waals surface area contributed by atoms with Crippen molar-refractivity contribution in [2.75, 3.05) is 59.0 Å². The monoisotopic (exact) mass is 770 g/mol. The van der Waals surface area contributed by atoms with Crippen LogP contribution in [0.3, 0.4) is 0 Å². The molecule has 292 valence electrons. The third-order valence-electron chi connectivity index (χ3n) is 10.5. The van der Waals surface area contributed by atoms with Crippen molar-refractivity contribution in [1.29, 1.82) is 0 Å². The van der Waals surface area contributed by atoms with E-state index in [2.05, 4.69) is 27.2 Å². The summed E-state index contributed by atoms with van der Waals surface area (Å²) in [6.45, 7) is 9.93. The van der Waals surface area contributed by atoms with Crippen LogP contribution in [0.5, 0.6) is 11.5 Å². The highest BCUT2D eigenvalue weighted by Crippen LogP contribution is 2.34. The lowest BCUT2D eigenvalue weighted by Crippen LogP contribution is -2.58. The zero-order valence-electron chi connectivity index (χ0n) is 31.9. The number of piperidine rings is 1. The molecule has 2 aliphatic rings. The highest BCUT2D eigenvalue weighted by Gasteiger charge is 2.37. The van der Waals surface area contributed by atoms with Crippen molar-refractivity contribution in [2.24, 2.45) is 5.92 Å². The fourth-order valence-electron chi connectivity index (χ4n) is 7.59. The normalized spacial score (nSPS) is 16.0. The Labute approximate surface area is 329 Å². The Bertz CT molecular complexity index is 1860. The number of hydrogen-bond acceptors (Lipinski definition) is 7. The average molecular weight is 771 g/mol. The molecule has 0 unspecified atom stereocenters. The Balaban J connectivity index is 1.09. The van der Waals surface area contributed by atoms with Crippen LogP contribution in [0.15, 0.2) is 91.0 Å². The van der Waals surface area contributed by atoms with Crippen LogP contribution in [0.4, 0.5) is 9.18 Å². The number of para-hydroxylation sites is 1. The largest absolute Gasteiger partial charge is 0.493 e. The smallest absolute Gasteiger partial charge is 0.408 e. The van der Waals surface area contributed by atoms with Gasteiger partial charge in [0.25, 0.3) is 0 Å². The Morgan fingerprint density at radius 1 is 0.800 bits per heavy atom. The van der Waals surface area contributed by atoms with E-state index in [1.165, 1.54) is 6.07 Å². The van der Waals surface area contributed by atoms with Gasteiger partial charge in [-0.05, 0) is 99.1 Å². The molecule has 2 heterocycles. The first-order valence-electron chi connectivity index (χ1n) is 19.4. The van der Waals surface area contributed by atoms with Crippen molar-refractivity contribution in [3.05, 3.63) is 119 Å². The van der Waals surface area contributed by atoms with Gasteiger partial charge in [0.05, 0.1) is 13.2 Å². The van der Waals surface area contributed by atoms with E-state index in [1.54, 1.807) is 12.1 Å². The Morgan fingerprint density at radius 3 is 2.24 bits per heavy atom. The summed E-state index contributed by atoms with van der Waals surface area (Å²) in [7, 11) is 0. The summed E-state index contributed by atoms with van der Waals surface area (Å²) in [4.78, 5) is 33.8. The SMILES string of the molecule is CCOc1ccccc1-c1ccc(Cl)cc1CCN1CCC([C@@H](NC(=O)OCc2ccccc2)C(=O)N2CCN(Cc3c(F)cccc3OCC)CC2)CC1. The lowest BCUT2D eigenvalue weighted by Gasteiger charge is -2.40. The fourth-order valence-corrected chi connectivity index (χ4v) is 7.79. The van der Waals surface area contributed by atoms with Gasteiger partial charge >= 0.3 is 6.09 Å². The summed E-state index contributed by atoms with van der Waals surface area (Å²) in [6, 6.07) is 27.8. The van der Waals surface area contributed by atoms with Crippen LogP contribution in [0.2, 0.25) is 5.02 Å². The number of halogens is 2. The van der Waals surface area contributed by atoms with Crippen molar-refractivity contribution in [1.82, 2.24) is 20.0 Å². The fraction of sp³-hybridized carbons (Fsp3) is 0.409. The first-order chi connectivity index (χ1) is 26.8. The maximum Gasteiger partial charge on any atom is 0.408 e. The van der Waals surface area contributed by atoms with Crippen molar-refractivity contribution < 1.29 is 28.2 Å². The molecule has 6 rings (SSSR count). The quantitative estimate of drug-likeness (QED) is 0.132.